The highest BCUT2D eigenvalue weighted by atomic mass is 28.4. The van der Waals surface area contributed by atoms with Crippen LogP contribution in [0.5, 0.6) is 0 Å². The van der Waals surface area contributed by atoms with Crippen LogP contribution in [0.25, 0.3) is 0 Å². The first-order valence-electron chi connectivity index (χ1n) is 13.5. The molecule has 1 aromatic heterocycles. The van der Waals surface area contributed by atoms with Gasteiger partial charge in [-0.15, -0.1) is 16.9 Å². The van der Waals surface area contributed by atoms with Crippen LogP contribution in [0, 0.1) is 11.8 Å². The standard InChI is InChI=1S/C27H47N3O4Si2/c1-25(2,3)35(10,11)33-23-22-21(18-31-36(34-22,26(4,5)6)27(7,8)9)32-24(23)30-20-17-15-13-12-14-16-19(20)28-29-30/h21-24H,14-18H2,1-11H3/t21-,22-,23-,24-/m1/s1. The van der Waals surface area contributed by atoms with Crippen LogP contribution >= 0.6 is 0 Å². The summed E-state index contributed by atoms with van der Waals surface area (Å²) in [6, 6.07) is 0. The van der Waals surface area contributed by atoms with Gasteiger partial charge in [-0.05, 0) is 18.1 Å². The first-order valence-corrected chi connectivity index (χ1v) is 18.2. The van der Waals surface area contributed by atoms with Crippen molar-refractivity contribution in [1.82, 2.24) is 15.0 Å². The van der Waals surface area contributed by atoms with Gasteiger partial charge in [0, 0.05) is 35.8 Å². The molecule has 0 radical (unpaired) electrons. The lowest BCUT2D eigenvalue weighted by Crippen LogP contribution is -2.66. The number of hydrogen-bond donors (Lipinski definition) is 0. The summed E-state index contributed by atoms with van der Waals surface area (Å²) in [7, 11) is -4.86. The highest BCUT2D eigenvalue weighted by Crippen LogP contribution is 2.56. The number of nitrogens with zero attached hydrogens (tertiary/aromatic N) is 3. The third-order valence-corrected chi connectivity index (χ3v) is 18.1. The maximum absolute atomic E-state index is 7.22. The predicted molar refractivity (Wildman–Crippen MR) is 146 cm³/mol. The fraction of sp³-hybridized carbons (Fsp3) is 0.852. The van der Waals surface area contributed by atoms with Gasteiger partial charge in [-0.1, -0.05) is 67.5 Å². The van der Waals surface area contributed by atoms with Crippen molar-refractivity contribution in [3.8, 4) is 11.8 Å². The van der Waals surface area contributed by atoms with Crippen LogP contribution in [0.15, 0.2) is 0 Å². The lowest BCUT2D eigenvalue weighted by molar-refractivity contribution is -0.0830. The maximum atomic E-state index is 7.22. The summed E-state index contributed by atoms with van der Waals surface area (Å²) in [6.07, 6.45) is 2.16. The zero-order valence-electron chi connectivity index (χ0n) is 24.3. The van der Waals surface area contributed by atoms with Crippen LogP contribution in [-0.4, -0.2) is 56.8 Å². The Morgan fingerprint density at radius 2 is 1.58 bits per heavy atom. The number of ether oxygens (including phenoxy) is 1. The molecule has 4 rings (SSSR count). The normalized spacial score (nSPS) is 29.0. The summed E-state index contributed by atoms with van der Waals surface area (Å²) in [6.45, 7) is 25.5. The van der Waals surface area contributed by atoms with Gasteiger partial charge in [0.15, 0.2) is 14.5 Å². The molecule has 202 valence electrons. The molecule has 0 aromatic carbocycles. The maximum Gasteiger partial charge on any atom is 0.349 e. The minimum Gasteiger partial charge on any atom is -0.407 e. The van der Waals surface area contributed by atoms with Crippen molar-refractivity contribution in [1.29, 1.82) is 0 Å². The van der Waals surface area contributed by atoms with E-state index < -0.39 is 23.1 Å². The van der Waals surface area contributed by atoms with E-state index in [1.807, 2.05) is 4.68 Å². The third-order valence-electron chi connectivity index (χ3n) is 8.46. The summed E-state index contributed by atoms with van der Waals surface area (Å²) in [5.41, 5.74) is 2.14. The minimum absolute atomic E-state index is 0.0517. The van der Waals surface area contributed by atoms with Crippen molar-refractivity contribution in [3.63, 3.8) is 0 Å². The zero-order chi connectivity index (χ0) is 26.7. The molecular weight excluding hydrogens is 486 g/mol. The van der Waals surface area contributed by atoms with E-state index in [0.29, 0.717) is 6.61 Å². The van der Waals surface area contributed by atoms with Gasteiger partial charge in [0.1, 0.15) is 18.3 Å². The highest BCUT2D eigenvalue weighted by molar-refractivity contribution is 6.74. The van der Waals surface area contributed by atoms with E-state index in [1.54, 1.807) is 0 Å². The first kappa shape index (κ1) is 28.0. The van der Waals surface area contributed by atoms with Crippen molar-refractivity contribution in [3.05, 3.63) is 11.4 Å². The topological polar surface area (TPSA) is 67.6 Å². The van der Waals surface area contributed by atoms with Crippen molar-refractivity contribution in [2.45, 2.75) is 141 Å². The van der Waals surface area contributed by atoms with E-state index in [0.717, 1.165) is 37.1 Å². The van der Waals surface area contributed by atoms with Gasteiger partial charge < -0.3 is 18.0 Å². The SMILES string of the molecule is CC(C)(C)[Si](C)(C)O[C@@H]1[C@@H]2O[Si](C(C)(C)C)(C(C)(C)C)OC[C@H]2O[C@H]1n1nnc2c1CCC#CCC2. The van der Waals surface area contributed by atoms with Gasteiger partial charge in [-0.2, -0.15) is 0 Å². The van der Waals surface area contributed by atoms with Crippen molar-refractivity contribution < 1.29 is 18.0 Å². The number of fused-ring (bicyclic) bond motifs is 2. The van der Waals surface area contributed by atoms with Crippen LogP contribution in [-0.2, 0) is 30.9 Å². The lowest BCUT2D eigenvalue weighted by Gasteiger charge is -2.54. The molecule has 9 heteroatoms. The quantitative estimate of drug-likeness (QED) is 0.356. The number of aryl methyl sites for hydroxylation is 1. The van der Waals surface area contributed by atoms with Crippen LogP contribution in [0.3, 0.4) is 0 Å². The van der Waals surface area contributed by atoms with Crippen LogP contribution in [0.1, 0.15) is 92.8 Å². The van der Waals surface area contributed by atoms with E-state index in [-0.39, 0.29) is 33.4 Å². The molecule has 0 bridgehead atoms. The molecule has 4 atom stereocenters. The Bertz CT molecular complexity index is 1010. The molecule has 3 aliphatic rings. The molecule has 0 amide bonds. The summed E-state index contributed by atoms with van der Waals surface area (Å²) < 4.78 is 29.9. The van der Waals surface area contributed by atoms with Gasteiger partial charge >= 0.3 is 8.56 Å². The van der Waals surface area contributed by atoms with E-state index in [1.165, 1.54) is 0 Å². The van der Waals surface area contributed by atoms with Crippen LogP contribution < -0.4 is 0 Å². The molecule has 2 saturated heterocycles. The Morgan fingerprint density at radius 1 is 0.972 bits per heavy atom. The van der Waals surface area contributed by atoms with Gasteiger partial charge in [-0.3, -0.25) is 0 Å². The van der Waals surface area contributed by atoms with Gasteiger partial charge in [0.05, 0.1) is 18.0 Å². The Kier molecular flexibility index (Phi) is 7.24. The average Bonchev–Trinajstić information content (AvgIpc) is 3.25. The molecule has 0 saturated carbocycles. The molecule has 3 heterocycles. The molecule has 0 spiro atoms. The van der Waals surface area contributed by atoms with E-state index in [2.05, 4.69) is 97.6 Å². The second-order valence-corrected chi connectivity index (χ2v) is 23.7. The van der Waals surface area contributed by atoms with Gasteiger partial charge in [0.2, 0.25) is 0 Å². The van der Waals surface area contributed by atoms with Crippen LogP contribution in [0.4, 0.5) is 0 Å². The number of rotatable bonds is 3. The Labute approximate surface area is 220 Å². The Morgan fingerprint density at radius 3 is 2.17 bits per heavy atom. The summed E-state index contributed by atoms with van der Waals surface area (Å²) in [4.78, 5) is 0. The second kappa shape index (κ2) is 9.31. The zero-order valence-corrected chi connectivity index (χ0v) is 26.3. The van der Waals surface area contributed by atoms with E-state index in [9.17, 15) is 0 Å². The summed E-state index contributed by atoms with van der Waals surface area (Å²) in [5.74, 6) is 6.51. The third kappa shape index (κ3) is 4.78. The molecule has 1 aliphatic carbocycles. The van der Waals surface area contributed by atoms with Gasteiger partial charge in [-0.25, -0.2) is 4.68 Å². The smallest absolute Gasteiger partial charge is 0.349 e. The minimum atomic E-state index is -2.70. The molecule has 36 heavy (non-hydrogen) atoms. The molecule has 0 unspecified atom stereocenters. The Hall–Kier alpha value is -1.03. The molecule has 1 aromatic rings. The van der Waals surface area contributed by atoms with E-state index >= 15 is 0 Å². The molecular formula is C27H47N3O4Si2. The first-order chi connectivity index (χ1) is 16.5. The fourth-order valence-electron chi connectivity index (χ4n) is 5.70. The number of hydrogen-bond acceptors (Lipinski definition) is 6. The summed E-state index contributed by atoms with van der Waals surface area (Å²) in [5, 5.41) is 9.02. The molecule has 0 N–H and O–H groups in total. The monoisotopic (exact) mass is 533 g/mol. The Balaban J connectivity index is 1.77. The predicted octanol–water partition coefficient (Wildman–Crippen LogP) is 5.91. The molecule has 2 fully saturated rings. The van der Waals surface area contributed by atoms with Crippen molar-refractivity contribution in [2.24, 2.45) is 0 Å². The molecule has 2 aliphatic heterocycles. The summed E-state index contributed by atoms with van der Waals surface area (Å²) >= 11 is 0. The van der Waals surface area contributed by atoms with Crippen molar-refractivity contribution >= 4 is 16.9 Å². The fourth-order valence-corrected chi connectivity index (χ4v) is 11.9. The van der Waals surface area contributed by atoms with Crippen molar-refractivity contribution in [2.75, 3.05) is 6.61 Å². The molecule has 7 nitrogen and oxygen atoms in total. The lowest BCUT2D eigenvalue weighted by atomic mass is 10.1. The largest absolute Gasteiger partial charge is 0.407 e. The van der Waals surface area contributed by atoms with Crippen LogP contribution in [0.2, 0.25) is 28.2 Å². The second-order valence-electron chi connectivity index (χ2n) is 14.2. The highest BCUT2D eigenvalue weighted by Gasteiger charge is 2.66. The number of aromatic nitrogens is 3. The average molecular weight is 534 g/mol. The van der Waals surface area contributed by atoms with Gasteiger partial charge in [0.25, 0.3) is 0 Å². The van der Waals surface area contributed by atoms with E-state index in [4.69, 9.17) is 18.0 Å².